The molecule has 5 heteroatoms. The van der Waals surface area contributed by atoms with Crippen LogP contribution >= 0.6 is 15.9 Å². The van der Waals surface area contributed by atoms with Gasteiger partial charge in [-0.05, 0) is 59.7 Å². The highest BCUT2D eigenvalue weighted by atomic mass is 79.9. The predicted octanol–water partition coefficient (Wildman–Crippen LogP) is 2.94. The molecule has 19 heavy (non-hydrogen) atoms. The number of amides is 1. The molecule has 1 aromatic heterocycles. The van der Waals surface area contributed by atoms with Crippen LogP contribution < -0.4 is 11.1 Å². The summed E-state index contributed by atoms with van der Waals surface area (Å²) in [5.74, 6) is 1.29. The first-order valence-corrected chi connectivity index (χ1v) is 7.48. The second-order valence-electron chi connectivity index (χ2n) is 5.48. The minimum absolute atomic E-state index is 0.0109. The van der Waals surface area contributed by atoms with Crippen LogP contribution in [0.5, 0.6) is 0 Å². The largest absolute Gasteiger partial charge is 0.329 e. The van der Waals surface area contributed by atoms with Gasteiger partial charge in [0.05, 0.1) is 5.41 Å². The Hall–Kier alpha value is -0.940. The second kappa shape index (κ2) is 6.01. The van der Waals surface area contributed by atoms with Crippen molar-refractivity contribution < 1.29 is 4.79 Å². The number of hydrogen-bond acceptors (Lipinski definition) is 3. The SMILES string of the molecule is CC1CCC(CN)(C(=O)Nc2ccc(Br)cn2)CC1. The first-order valence-electron chi connectivity index (χ1n) is 6.69. The van der Waals surface area contributed by atoms with Gasteiger partial charge in [0.1, 0.15) is 5.82 Å². The van der Waals surface area contributed by atoms with Gasteiger partial charge in [0.2, 0.25) is 5.91 Å². The summed E-state index contributed by atoms with van der Waals surface area (Å²) in [5.41, 5.74) is 5.46. The number of nitrogens with zero attached hydrogens (tertiary/aromatic N) is 1. The molecule has 0 saturated heterocycles. The van der Waals surface area contributed by atoms with Crippen molar-refractivity contribution in [2.24, 2.45) is 17.1 Å². The first kappa shape index (κ1) is 14.5. The summed E-state index contributed by atoms with van der Waals surface area (Å²) in [5, 5.41) is 2.89. The van der Waals surface area contributed by atoms with Gasteiger partial charge in [-0.3, -0.25) is 4.79 Å². The maximum Gasteiger partial charge on any atom is 0.233 e. The maximum absolute atomic E-state index is 12.5. The number of nitrogens with two attached hydrogens (primary N) is 1. The van der Waals surface area contributed by atoms with Crippen molar-refractivity contribution in [3.63, 3.8) is 0 Å². The predicted molar refractivity (Wildman–Crippen MR) is 79.7 cm³/mol. The van der Waals surface area contributed by atoms with Gasteiger partial charge in [0, 0.05) is 17.2 Å². The van der Waals surface area contributed by atoms with Gasteiger partial charge in [-0.25, -0.2) is 4.98 Å². The number of hydrogen-bond donors (Lipinski definition) is 2. The van der Waals surface area contributed by atoms with Crippen LogP contribution in [0, 0.1) is 11.3 Å². The molecule has 1 aliphatic rings. The van der Waals surface area contributed by atoms with Crippen LogP contribution in [0.3, 0.4) is 0 Å². The summed E-state index contributed by atoms with van der Waals surface area (Å²) in [6, 6.07) is 3.65. The van der Waals surface area contributed by atoms with E-state index in [1.807, 2.05) is 6.07 Å². The Bertz CT molecular complexity index is 439. The zero-order valence-electron chi connectivity index (χ0n) is 11.2. The number of carbonyl (C=O) groups is 1. The van der Waals surface area contributed by atoms with Gasteiger partial charge in [-0.15, -0.1) is 0 Å². The molecule has 4 nitrogen and oxygen atoms in total. The summed E-state index contributed by atoms with van der Waals surface area (Å²) in [6.45, 7) is 2.64. The van der Waals surface area contributed by atoms with E-state index in [9.17, 15) is 4.79 Å². The minimum Gasteiger partial charge on any atom is -0.329 e. The Labute approximate surface area is 122 Å². The molecule has 1 saturated carbocycles. The fraction of sp³-hybridized carbons (Fsp3) is 0.571. The van der Waals surface area contributed by atoms with E-state index in [2.05, 4.69) is 33.2 Å². The van der Waals surface area contributed by atoms with Crippen LogP contribution in [0.25, 0.3) is 0 Å². The first-order chi connectivity index (χ1) is 9.05. The Morgan fingerprint density at radius 2 is 2.21 bits per heavy atom. The van der Waals surface area contributed by atoms with Crippen molar-refractivity contribution in [3.8, 4) is 0 Å². The average Bonchev–Trinajstić information content (AvgIpc) is 2.42. The van der Waals surface area contributed by atoms with Gasteiger partial charge >= 0.3 is 0 Å². The standard InChI is InChI=1S/C14H20BrN3O/c1-10-4-6-14(9-16,7-5-10)13(19)18-12-3-2-11(15)8-17-12/h2-3,8,10H,4-7,9,16H2,1H3,(H,17,18,19). The molecule has 0 atom stereocenters. The van der Waals surface area contributed by atoms with E-state index in [1.54, 1.807) is 12.3 Å². The topological polar surface area (TPSA) is 68.0 Å². The Kier molecular flexibility index (Phi) is 4.58. The third kappa shape index (κ3) is 3.34. The number of anilines is 1. The van der Waals surface area contributed by atoms with Gasteiger partial charge in [0.25, 0.3) is 0 Å². The molecule has 104 valence electrons. The lowest BCUT2D eigenvalue weighted by Gasteiger charge is -2.36. The smallest absolute Gasteiger partial charge is 0.233 e. The number of carbonyl (C=O) groups excluding carboxylic acids is 1. The lowest BCUT2D eigenvalue weighted by Crippen LogP contribution is -2.44. The van der Waals surface area contributed by atoms with Crippen LogP contribution in [0.4, 0.5) is 5.82 Å². The van der Waals surface area contributed by atoms with Crippen LogP contribution in [0.2, 0.25) is 0 Å². The van der Waals surface area contributed by atoms with E-state index >= 15 is 0 Å². The third-order valence-electron chi connectivity index (χ3n) is 4.07. The summed E-state index contributed by atoms with van der Waals surface area (Å²) in [6.07, 6.45) is 5.55. The highest BCUT2D eigenvalue weighted by Gasteiger charge is 2.39. The van der Waals surface area contributed by atoms with E-state index in [1.165, 1.54) is 0 Å². The molecule has 3 N–H and O–H groups in total. The number of pyridine rings is 1. The highest BCUT2D eigenvalue weighted by molar-refractivity contribution is 9.10. The number of rotatable bonds is 3. The van der Waals surface area contributed by atoms with E-state index in [-0.39, 0.29) is 5.91 Å². The number of nitrogens with one attached hydrogen (secondary N) is 1. The van der Waals surface area contributed by atoms with Gasteiger partial charge < -0.3 is 11.1 Å². The molecular formula is C14H20BrN3O. The molecule has 0 bridgehead atoms. The molecule has 1 aliphatic carbocycles. The van der Waals surface area contributed by atoms with Crippen LogP contribution in [-0.4, -0.2) is 17.4 Å². The van der Waals surface area contributed by atoms with Crippen molar-refractivity contribution in [1.29, 1.82) is 0 Å². The van der Waals surface area contributed by atoms with Crippen LogP contribution in [0.15, 0.2) is 22.8 Å². The Balaban J connectivity index is 2.06. The molecule has 2 rings (SSSR count). The van der Waals surface area contributed by atoms with Crippen molar-refractivity contribution in [1.82, 2.24) is 4.98 Å². The van der Waals surface area contributed by atoms with E-state index in [0.717, 1.165) is 30.2 Å². The Morgan fingerprint density at radius 1 is 1.53 bits per heavy atom. The van der Waals surface area contributed by atoms with Crippen LogP contribution in [-0.2, 0) is 4.79 Å². The molecule has 1 heterocycles. The molecule has 0 aliphatic heterocycles. The van der Waals surface area contributed by atoms with Crippen molar-refractivity contribution in [2.45, 2.75) is 32.6 Å². The van der Waals surface area contributed by atoms with E-state index in [4.69, 9.17) is 5.73 Å². The summed E-state index contributed by atoms with van der Waals surface area (Å²) in [7, 11) is 0. The van der Waals surface area contributed by atoms with Crippen molar-refractivity contribution in [3.05, 3.63) is 22.8 Å². The molecular weight excluding hydrogens is 306 g/mol. The molecule has 0 spiro atoms. The maximum atomic E-state index is 12.5. The quantitative estimate of drug-likeness (QED) is 0.897. The zero-order chi connectivity index (χ0) is 13.9. The molecule has 0 unspecified atom stereocenters. The lowest BCUT2D eigenvalue weighted by molar-refractivity contribution is -0.127. The number of halogens is 1. The fourth-order valence-electron chi connectivity index (χ4n) is 2.54. The average molecular weight is 326 g/mol. The monoisotopic (exact) mass is 325 g/mol. The lowest BCUT2D eigenvalue weighted by atomic mass is 9.70. The third-order valence-corrected chi connectivity index (χ3v) is 4.54. The van der Waals surface area contributed by atoms with Gasteiger partial charge in [-0.2, -0.15) is 0 Å². The molecule has 1 amide bonds. The molecule has 0 aromatic carbocycles. The van der Waals surface area contributed by atoms with Crippen molar-refractivity contribution in [2.75, 3.05) is 11.9 Å². The summed E-state index contributed by atoms with van der Waals surface area (Å²) < 4.78 is 0.894. The van der Waals surface area contributed by atoms with E-state index in [0.29, 0.717) is 18.3 Å². The molecule has 1 fully saturated rings. The van der Waals surface area contributed by atoms with Gasteiger partial charge in [-0.1, -0.05) is 6.92 Å². The molecule has 0 radical (unpaired) electrons. The summed E-state index contributed by atoms with van der Waals surface area (Å²) in [4.78, 5) is 16.6. The number of aromatic nitrogens is 1. The van der Waals surface area contributed by atoms with Gasteiger partial charge in [0.15, 0.2) is 0 Å². The van der Waals surface area contributed by atoms with Crippen LogP contribution in [0.1, 0.15) is 32.6 Å². The molecule has 1 aromatic rings. The zero-order valence-corrected chi connectivity index (χ0v) is 12.7. The van der Waals surface area contributed by atoms with E-state index < -0.39 is 5.41 Å². The second-order valence-corrected chi connectivity index (χ2v) is 6.40. The minimum atomic E-state index is -0.415. The normalized spacial score (nSPS) is 27.0. The summed E-state index contributed by atoms with van der Waals surface area (Å²) >= 11 is 3.32. The fourth-order valence-corrected chi connectivity index (χ4v) is 2.77. The highest BCUT2D eigenvalue weighted by Crippen LogP contribution is 2.38. The van der Waals surface area contributed by atoms with Crippen molar-refractivity contribution >= 4 is 27.7 Å². The Morgan fingerprint density at radius 3 is 2.74 bits per heavy atom.